The summed E-state index contributed by atoms with van der Waals surface area (Å²) in [5, 5.41) is 57.7. The molecule has 0 aliphatic carbocycles. The van der Waals surface area contributed by atoms with Gasteiger partial charge in [0.2, 0.25) is 5.91 Å². The number of carbonyl (C=O) groups is 4. The molecule has 0 spiro atoms. The summed E-state index contributed by atoms with van der Waals surface area (Å²) in [5.74, 6) is -3.28. The van der Waals surface area contributed by atoms with Gasteiger partial charge in [-0.2, -0.15) is 0 Å². The molecule has 0 aliphatic heterocycles. The highest BCUT2D eigenvalue weighted by atomic mass is 16.5. The van der Waals surface area contributed by atoms with E-state index in [1.165, 1.54) is 0 Å². The van der Waals surface area contributed by atoms with Crippen molar-refractivity contribution < 1.29 is 49.4 Å². The zero-order chi connectivity index (χ0) is 31.2. The Balaban J connectivity index is 2.03. The van der Waals surface area contributed by atoms with E-state index in [1.54, 1.807) is 68.4 Å². The molecule has 8 N–H and O–H groups in total. The molecule has 2 aromatic carbocycles. The average molecular weight is 590 g/mol. The maximum atomic E-state index is 13.0. The molecule has 0 aliphatic rings. The zero-order valence-electron chi connectivity index (χ0n) is 23.4. The van der Waals surface area contributed by atoms with Crippen LogP contribution >= 0.6 is 0 Å². The molecule has 3 amide bonds. The molecule has 13 nitrogen and oxygen atoms in total. The molecule has 2 aromatic rings. The van der Waals surface area contributed by atoms with E-state index in [-0.39, 0.29) is 18.9 Å². The number of aliphatic carboxylic acids is 1. The maximum absolute atomic E-state index is 13.0. The van der Waals surface area contributed by atoms with E-state index < -0.39 is 73.3 Å². The van der Waals surface area contributed by atoms with Crippen molar-refractivity contribution >= 4 is 23.9 Å². The number of carbonyl (C=O) groups excluding carboxylic acids is 3. The minimum absolute atomic E-state index is 0.0373. The molecule has 0 saturated carbocycles. The number of aliphatic hydroxyl groups is 4. The molecule has 0 aromatic heterocycles. The summed E-state index contributed by atoms with van der Waals surface area (Å²) in [6.07, 6.45) is -7.69. The lowest BCUT2D eigenvalue weighted by atomic mass is 9.98. The van der Waals surface area contributed by atoms with Crippen LogP contribution in [0.4, 0.5) is 4.79 Å². The highest BCUT2D eigenvalue weighted by Crippen LogP contribution is 2.18. The first kappa shape index (κ1) is 34.2. The molecular weight excluding hydrogens is 550 g/mol. The van der Waals surface area contributed by atoms with E-state index in [9.17, 15) is 44.7 Å². The lowest BCUT2D eigenvalue weighted by Gasteiger charge is -2.30. The molecule has 0 unspecified atom stereocenters. The van der Waals surface area contributed by atoms with Crippen molar-refractivity contribution in [1.29, 1.82) is 0 Å². The van der Waals surface area contributed by atoms with E-state index in [0.29, 0.717) is 5.56 Å². The van der Waals surface area contributed by atoms with Gasteiger partial charge < -0.3 is 46.2 Å². The smallest absolute Gasteiger partial charge is 0.408 e. The summed E-state index contributed by atoms with van der Waals surface area (Å²) >= 11 is 0. The lowest BCUT2D eigenvalue weighted by Crippen LogP contribution is -2.59. The normalized spacial score (nSPS) is 15.4. The molecule has 6 atom stereocenters. The van der Waals surface area contributed by atoms with Crippen LogP contribution < -0.4 is 16.0 Å². The summed E-state index contributed by atoms with van der Waals surface area (Å²) in [4.78, 5) is 49.3. The number of hydrogen-bond acceptors (Lipinski definition) is 9. The maximum Gasteiger partial charge on any atom is 0.408 e. The van der Waals surface area contributed by atoms with Crippen molar-refractivity contribution in [1.82, 2.24) is 16.0 Å². The number of benzene rings is 2. The van der Waals surface area contributed by atoms with Crippen LogP contribution in [0.2, 0.25) is 0 Å². The third kappa shape index (κ3) is 11.1. The predicted octanol–water partition coefficient (Wildman–Crippen LogP) is 0.220. The van der Waals surface area contributed by atoms with Crippen LogP contribution in [-0.2, 0) is 25.7 Å². The van der Waals surface area contributed by atoms with Gasteiger partial charge in [-0.15, -0.1) is 0 Å². The van der Waals surface area contributed by atoms with Crippen molar-refractivity contribution in [2.45, 2.75) is 69.7 Å². The summed E-state index contributed by atoms with van der Waals surface area (Å²) in [5.41, 5.74) is 1.16. The van der Waals surface area contributed by atoms with Crippen molar-refractivity contribution in [2.75, 3.05) is 6.61 Å². The van der Waals surface area contributed by atoms with Crippen molar-refractivity contribution in [3.05, 3.63) is 71.8 Å². The summed E-state index contributed by atoms with van der Waals surface area (Å²) in [6, 6.07) is 13.2. The van der Waals surface area contributed by atoms with Crippen LogP contribution in [0.3, 0.4) is 0 Å². The number of nitrogens with one attached hydrogen (secondary N) is 3. The summed E-state index contributed by atoms with van der Waals surface area (Å²) in [7, 11) is 0. The molecule has 42 heavy (non-hydrogen) atoms. The number of aliphatic hydroxyl groups excluding tert-OH is 4. The molecule has 0 saturated heterocycles. The van der Waals surface area contributed by atoms with Crippen molar-refractivity contribution in [3.63, 3.8) is 0 Å². The third-order valence-electron chi connectivity index (χ3n) is 6.30. The first-order valence-corrected chi connectivity index (χ1v) is 13.4. The second-order valence-corrected chi connectivity index (χ2v) is 10.2. The van der Waals surface area contributed by atoms with E-state index in [1.807, 2.05) is 6.07 Å². The molecular formula is C29H39N3O10. The highest BCUT2D eigenvalue weighted by Gasteiger charge is 2.37. The SMILES string of the molecule is CC(C)C[C@@H](NC(=O)OCc1ccccc1)C(=O)N[C@@H](CO)[C@@H](O)[C@@H](O)[C@H](O)C(=O)N[C@@H](CC(=O)O)c1ccccc1. The molecule has 0 bridgehead atoms. The molecule has 2 rings (SSSR count). The van der Waals surface area contributed by atoms with Gasteiger partial charge in [-0.3, -0.25) is 14.4 Å². The number of alkyl carbamates (subject to hydrolysis) is 1. The van der Waals surface area contributed by atoms with E-state index >= 15 is 0 Å². The van der Waals surface area contributed by atoms with Crippen LogP contribution in [0, 0.1) is 5.92 Å². The van der Waals surface area contributed by atoms with Crippen molar-refractivity contribution in [2.24, 2.45) is 5.92 Å². The van der Waals surface area contributed by atoms with Crippen LogP contribution in [0.1, 0.15) is 43.9 Å². The third-order valence-corrected chi connectivity index (χ3v) is 6.30. The van der Waals surface area contributed by atoms with E-state index in [2.05, 4.69) is 16.0 Å². The van der Waals surface area contributed by atoms with E-state index in [0.717, 1.165) is 5.56 Å². The minimum atomic E-state index is -2.25. The fourth-order valence-electron chi connectivity index (χ4n) is 4.08. The molecule has 0 radical (unpaired) electrons. The van der Waals surface area contributed by atoms with E-state index in [4.69, 9.17) is 4.74 Å². The number of hydrogen-bond donors (Lipinski definition) is 8. The van der Waals surface area contributed by atoms with Crippen LogP contribution in [0.25, 0.3) is 0 Å². The average Bonchev–Trinajstić information content (AvgIpc) is 2.97. The molecule has 230 valence electrons. The Bertz CT molecular complexity index is 1150. The zero-order valence-corrected chi connectivity index (χ0v) is 23.4. The topological polar surface area (TPSA) is 215 Å². The summed E-state index contributed by atoms with van der Waals surface area (Å²) < 4.78 is 5.17. The second-order valence-electron chi connectivity index (χ2n) is 10.2. The van der Waals surface area contributed by atoms with Gasteiger partial charge >= 0.3 is 12.1 Å². The van der Waals surface area contributed by atoms with Gasteiger partial charge in [-0.05, 0) is 23.5 Å². The number of rotatable bonds is 16. The van der Waals surface area contributed by atoms with Gasteiger partial charge in [0.25, 0.3) is 5.91 Å². The van der Waals surface area contributed by atoms with Crippen LogP contribution in [-0.4, -0.2) is 86.4 Å². The monoisotopic (exact) mass is 589 g/mol. The highest BCUT2D eigenvalue weighted by molar-refractivity contribution is 5.86. The lowest BCUT2D eigenvalue weighted by molar-refractivity contribution is -0.145. The first-order valence-electron chi connectivity index (χ1n) is 13.4. The largest absolute Gasteiger partial charge is 0.481 e. The number of amides is 3. The number of ether oxygens (including phenoxy) is 1. The number of carboxylic acid groups (broad SMARTS) is 1. The molecule has 13 heteroatoms. The van der Waals surface area contributed by atoms with Gasteiger partial charge in [-0.25, -0.2) is 4.79 Å². The van der Waals surface area contributed by atoms with Crippen LogP contribution in [0.5, 0.6) is 0 Å². The summed E-state index contributed by atoms with van der Waals surface area (Å²) in [6.45, 7) is 2.68. The Kier molecular flexibility index (Phi) is 13.9. The van der Waals surface area contributed by atoms with Gasteiger partial charge in [-0.1, -0.05) is 74.5 Å². The Morgan fingerprint density at radius 2 is 1.40 bits per heavy atom. The van der Waals surface area contributed by atoms with Gasteiger partial charge in [0.15, 0.2) is 6.10 Å². The second kappa shape index (κ2) is 17.0. The molecule has 0 heterocycles. The Hall–Kier alpha value is -4.04. The predicted molar refractivity (Wildman–Crippen MR) is 150 cm³/mol. The Morgan fingerprint density at radius 1 is 0.810 bits per heavy atom. The van der Waals surface area contributed by atoms with Gasteiger partial charge in [0.1, 0.15) is 24.9 Å². The van der Waals surface area contributed by atoms with Gasteiger partial charge in [0.05, 0.1) is 25.1 Å². The standard InChI is InChI=1S/C29H39N3O10/c1-17(2)13-21(32-29(41)42-16-18-9-5-3-6-10-18)27(39)31-22(15-33)24(36)25(37)26(38)28(40)30-20(14-23(34)35)19-11-7-4-8-12-19/h3-12,17,20-22,24-26,33,36-38H,13-16H2,1-2H3,(H,30,40)(H,31,39)(H,32,41)(H,34,35)/t20-,21+,22-,24+,25+,26-/m0/s1. The quantitative estimate of drug-likeness (QED) is 0.133. The first-order chi connectivity index (χ1) is 19.9. The minimum Gasteiger partial charge on any atom is -0.481 e. The van der Waals surface area contributed by atoms with Gasteiger partial charge in [0, 0.05) is 0 Å². The fraction of sp³-hybridized carbons (Fsp3) is 0.448. The Morgan fingerprint density at radius 3 is 1.95 bits per heavy atom. The number of carboxylic acids is 1. The van der Waals surface area contributed by atoms with Crippen molar-refractivity contribution in [3.8, 4) is 0 Å². The fourth-order valence-corrected chi connectivity index (χ4v) is 4.08. The Labute approximate surface area is 243 Å². The molecule has 0 fully saturated rings. The van der Waals surface area contributed by atoms with Crippen LogP contribution in [0.15, 0.2) is 60.7 Å².